The zero-order valence-corrected chi connectivity index (χ0v) is 34.1. The fourth-order valence-electron chi connectivity index (χ4n) is 8.05. The molecule has 7 aliphatic rings. The maximum Gasteiger partial charge on any atom is 0.272 e. The van der Waals surface area contributed by atoms with Crippen molar-refractivity contribution in [2.24, 2.45) is 0 Å². The van der Waals surface area contributed by atoms with Crippen molar-refractivity contribution < 1.29 is 71.1 Å². The van der Waals surface area contributed by atoms with Crippen molar-refractivity contribution in [3.63, 3.8) is 0 Å². The quantitative estimate of drug-likeness (QED) is 0.280. The number of hydrogen-bond acceptors (Lipinski definition) is 15. The first-order valence-corrected chi connectivity index (χ1v) is 19.4. The van der Waals surface area contributed by atoms with Crippen molar-refractivity contribution in [1.82, 2.24) is 5.32 Å². The molecule has 0 spiro atoms. The normalized spacial score (nSPS) is 46.0. The highest BCUT2D eigenvalue weighted by atomic mass is 35.6. The Bertz CT molecular complexity index is 1400. The SMILES string of the molecule is C=CCO[C@@H]1O[C@@H]2COC(C)(C)O[C@H]2[C@H](O[C@@H]2O[C@@H](C)[C@H](O[C@H]3O[C@@H]4COC(C)(C)O[C@H]4[C@@H]4OC(C)(C)O[C@@H]34)[C@H]3OC(C)(C)O[C@@H]23)[C@H]1NC(=O)C(Cl)(Cl)Cl. The molecular formula is C35H52Cl3NO15. The molecule has 7 saturated heterocycles. The molecule has 0 aromatic rings. The van der Waals surface area contributed by atoms with Crippen molar-refractivity contribution in [3.8, 4) is 0 Å². The van der Waals surface area contributed by atoms with E-state index in [2.05, 4.69) is 11.9 Å². The number of alkyl halides is 3. The number of nitrogens with one attached hydrogen (secondary N) is 1. The molecular weight excluding hydrogens is 781 g/mol. The van der Waals surface area contributed by atoms with Gasteiger partial charge in [0.2, 0.25) is 0 Å². The van der Waals surface area contributed by atoms with Crippen LogP contribution >= 0.6 is 34.8 Å². The Morgan fingerprint density at radius 2 is 1.17 bits per heavy atom. The van der Waals surface area contributed by atoms with Gasteiger partial charge in [-0.05, 0) is 62.3 Å². The van der Waals surface area contributed by atoms with Gasteiger partial charge in [0.1, 0.15) is 67.1 Å². The lowest BCUT2D eigenvalue weighted by atomic mass is 9.94. The molecule has 54 heavy (non-hydrogen) atoms. The molecule has 15 atom stereocenters. The largest absolute Gasteiger partial charge is 0.348 e. The summed E-state index contributed by atoms with van der Waals surface area (Å²) >= 11 is 18.0. The maximum atomic E-state index is 13.2. The van der Waals surface area contributed by atoms with E-state index in [1.807, 2.05) is 34.6 Å². The van der Waals surface area contributed by atoms with E-state index >= 15 is 0 Å². The Morgan fingerprint density at radius 1 is 0.685 bits per heavy atom. The smallest absolute Gasteiger partial charge is 0.272 e. The van der Waals surface area contributed by atoms with Crippen LogP contribution in [-0.2, 0) is 71.1 Å². The number of halogens is 3. The highest BCUT2D eigenvalue weighted by Gasteiger charge is 2.63. The fourth-order valence-corrected chi connectivity index (χ4v) is 8.22. The molecule has 0 saturated carbocycles. The molecule has 0 unspecified atom stereocenters. The molecule has 0 aromatic heterocycles. The second kappa shape index (κ2) is 15.0. The fraction of sp³-hybridized carbons (Fsp3) is 0.914. The van der Waals surface area contributed by atoms with Gasteiger partial charge in [-0.25, -0.2) is 0 Å². The van der Waals surface area contributed by atoms with Gasteiger partial charge in [0.05, 0.1) is 25.9 Å². The molecule has 7 heterocycles. The molecule has 16 nitrogen and oxygen atoms in total. The van der Waals surface area contributed by atoms with Crippen LogP contribution in [0, 0.1) is 0 Å². The summed E-state index contributed by atoms with van der Waals surface area (Å²) in [7, 11) is 0. The number of carbonyl (C=O) groups excluding carboxylic acids is 1. The van der Waals surface area contributed by atoms with Crippen LogP contribution in [0.3, 0.4) is 0 Å². The third kappa shape index (κ3) is 8.62. The lowest BCUT2D eigenvalue weighted by Crippen LogP contribution is -2.71. The Kier molecular flexibility index (Phi) is 11.5. The summed E-state index contributed by atoms with van der Waals surface area (Å²) in [6.07, 6.45) is -9.14. The van der Waals surface area contributed by atoms with Crippen LogP contribution < -0.4 is 5.32 Å². The highest BCUT2D eigenvalue weighted by molar-refractivity contribution is 6.76. The monoisotopic (exact) mass is 831 g/mol. The minimum atomic E-state index is -2.31. The standard InChI is InChI=1S/C35H52Cl3NO15/c1-11-12-41-27-18(39-30(40)35(36,37)38)22(20-16(45-27)13-42-31(3,4)49-20)48-28-25-23(51-33(7,8)53-25)19(15(2)44-28)47-29-26-24(52-34(9,10)54-26)21-17(46-29)14-43-32(5,6)50-21/h11,15-29H,1,12-14H2,2-10H3,(H,39,40)/t15-,16+,17+,18+,19-,20+,21+,22+,23+,24-,25+,26+,27+,28-,29+/m0/s1. The van der Waals surface area contributed by atoms with Gasteiger partial charge in [0.25, 0.3) is 9.70 Å². The van der Waals surface area contributed by atoms with Crippen LogP contribution in [0.2, 0.25) is 0 Å². The van der Waals surface area contributed by atoms with E-state index in [4.69, 9.17) is 101 Å². The van der Waals surface area contributed by atoms with Gasteiger partial charge in [0.15, 0.2) is 42.0 Å². The van der Waals surface area contributed by atoms with Crippen LogP contribution in [-0.4, -0.2) is 145 Å². The Labute approximate surface area is 330 Å². The summed E-state index contributed by atoms with van der Waals surface area (Å²) in [6.45, 7) is 20.5. The highest BCUT2D eigenvalue weighted by Crippen LogP contribution is 2.46. The first kappa shape index (κ1) is 41.7. The molecule has 308 valence electrons. The summed E-state index contributed by atoms with van der Waals surface area (Å²) in [6, 6.07) is -1.07. The van der Waals surface area contributed by atoms with Gasteiger partial charge in [-0.3, -0.25) is 4.79 Å². The Balaban J connectivity index is 1.16. The summed E-state index contributed by atoms with van der Waals surface area (Å²) in [5.74, 6) is -4.80. The summed E-state index contributed by atoms with van der Waals surface area (Å²) < 4.78 is 86.8. The number of carbonyl (C=O) groups is 1. The number of hydrogen-bond donors (Lipinski definition) is 1. The summed E-state index contributed by atoms with van der Waals surface area (Å²) in [5, 5.41) is 2.74. The van der Waals surface area contributed by atoms with Crippen molar-refractivity contribution in [2.45, 2.75) is 181 Å². The van der Waals surface area contributed by atoms with Crippen LogP contribution in [0.15, 0.2) is 12.7 Å². The van der Waals surface area contributed by atoms with Gasteiger partial charge in [-0.1, -0.05) is 40.9 Å². The van der Waals surface area contributed by atoms with Gasteiger partial charge in [-0.2, -0.15) is 0 Å². The third-order valence-electron chi connectivity index (χ3n) is 10.2. The molecule has 19 heteroatoms. The van der Waals surface area contributed by atoms with Crippen LogP contribution in [0.1, 0.15) is 62.3 Å². The first-order valence-electron chi connectivity index (χ1n) is 18.3. The minimum Gasteiger partial charge on any atom is -0.348 e. The lowest BCUT2D eigenvalue weighted by molar-refractivity contribution is -0.397. The van der Waals surface area contributed by atoms with Crippen LogP contribution in [0.25, 0.3) is 0 Å². The lowest BCUT2D eigenvalue weighted by Gasteiger charge is -2.53. The topological polar surface area (TPSA) is 158 Å². The maximum absolute atomic E-state index is 13.2. The van der Waals surface area contributed by atoms with E-state index < -0.39 is 125 Å². The van der Waals surface area contributed by atoms with E-state index in [1.165, 1.54) is 6.08 Å². The van der Waals surface area contributed by atoms with Gasteiger partial charge in [0, 0.05) is 0 Å². The van der Waals surface area contributed by atoms with Gasteiger partial charge >= 0.3 is 0 Å². The second-order valence-corrected chi connectivity index (χ2v) is 18.6. The van der Waals surface area contributed by atoms with Gasteiger partial charge < -0.3 is 71.6 Å². The number of rotatable bonds is 8. The molecule has 7 fully saturated rings. The van der Waals surface area contributed by atoms with E-state index in [0.717, 1.165) is 0 Å². The molecule has 7 rings (SSSR count). The Morgan fingerprint density at radius 3 is 1.78 bits per heavy atom. The third-order valence-corrected chi connectivity index (χ3v) is 10.7. The molecule has 0 aromatic carbocycles. The van der Waals surface area contributed by atoms with Crippen molar-refractivity contribution in [2.75, 3.05) is 19.8 Å². The molecule has 0 radical (unpaired) electrons. The van der Waals surface area contributed by atoms with Crippen molar-refractivity contribution >= 4 is 40.7 Å². The van der Waals surface area contributed by atoms with Crippen molar-refractivity contribution in [3.05, 3.63) is 12.7 Å². The number of ether oxygens (including phenoxy) is 14. The minimum absolute atomic E-state index is 0.0720. The molecule has 0 aliphatic carbocycles. The number of fused-ring (bicyclic) bond motifs is 5. The van der Waals surface area contributed by atoms with E-state index in [-0.39, 0.29) is 19.8 Å². The first-order chi connectivity index (χ1) is 25.1. The predicted molar refractivity (Wildman–Crippen MR) is 187 cm³/mol. The van der Waals surface area contributed by atoms with Crippen molar-refractivity contribution in [1.29, 1.82) is 0 Å². The number of amides is 1. The van der Waals surface area contributed by atoms with E-state index in [9.17, 15) is 4.79 Å². The summed E-state index contributed by atoms with van der Waals surface area (Å²) in [5.41, 5.74) is 0. The summed E-state index contributed by atoms with van der Waals surface area (Å²) in [4.78, 5) is 13.2. The van der Waals surface area contributed by atoms with E-state index in [0.29, 0.717) is 0 Å². The molecule has 1 N–H and O–H groups in total. The van der Waals surface area contributed by atoms with E-state index in [1.54, 1.807) is 27.7 Å². The van der Waals surface area contributed by atoms with Crippen LogP contribution in [0.5, 0.6) is 0 Å². The Hall–Kier alpha value is -0.480. The molecule has 1 amide bonds. The van der Waals surface area contributed by atoms with Gasteiger partial charge in [-0.15, -0.1) is 6.58 Å². The zero-order chi connectivity index (χ0) is 39.2. The zero-order valence-electron chi connectivity index (χ0n) is 31.8. The average Bonchev–Trinajstić information content (AvgIpc) is 3.57. The molecule has 7 aliphatic heterocycles. The van der Waals surface area contributed by atoms with Crippen LogP contribution in [0.4, 0.5) is 0 Å². The molecule has 0 bridgehead atoms. The average molecular weight is 833 g/mol. The predicted octanol–water partition coefficient (Wildman–Crippen LogP) is 3.35. The second-order valence-electron chi connectivity index (χ2n) is 16.3.